The van der Waals surface area contributed by atoms with Gasteiger partial charge in [0, 0.05) is 25.9 Å². The summed E-state index contributed by atoms with van der Waals surface area (Å²) in [6.07, 6.45) is 1.53. The van der Waals surface area contributed by atoms with Crippen LogP contribution in [0.25, 0.3) is 0 Å². The van der Waals surface area contributed by atoms with Crippen molar-refractivity contribution in [1.82, 2.24) is 14.5 Å². The Bertz CT molecular complexity index is 916. The average Bonchev–Trinajstić information content (AvgIpc) is 2.64. The third-order valence-corrected chi connectivity index (χ3v) is 4.50. The van der Waals surface area contributed by atoms with E-state index >= 15 is 0 Å². The molecule has 2 aromatic rings. The molecule has 0 radical (unpaired) electrons. The number of nitrogens with zero attached hydrogens (tertiary/aromatic N) is 2. The van der Waals surface area contributed by atoms with Gasteiger partial charge in [0.05, 0.1) is 0 Å². The first-order valence-electron chi connectivity index (χ1n) is 8.14. The van der Waals surface area contributed by atoms with Crippen LogP contribution in [0.5, 0.6) is 0 Å². The lowest BCUT2D eigenvalue weighted by atomic mass is 9.78. The number of carbonyl (C=O) groups excluding carboxylic acids is 1. The van der Waals surface area contributed by atoms with Gasteiger partial charge in [0.2, 0.25) is 5.91 Å². The van der Waals surface area contributed by atoms with Crippen LogP contribution in [0.1, 0.15) is 18.9 Å². The van der Waals surface area contributed by atoms with Crippen molar-refractivity contribution in [3.05, 3.63) is 69.0 Å². The molecule has 1 aromatic carbocycles. The van der Waals surface area contributed by atoms with Crippen LogP contribution in [0.15, 0.2) is 52.2 Å². The lowest BCUT2D eigenvalue weighted by Crippen LogP contribution is -2.48. The summed E-state index contributed by atoms with van der Waals surface area (Å²) >= 11 is 0. The highest BCUT2D eigenvalue weighted by atomic mass is 16.4. The van der Waals surface area contributed by atoms with Gasteiger partial charge in [0.25, 0.3) is 5.56 Å². The van der Waals surface area contributed by atoms with Crippen molar-refractivity contribution in [3.63, 3.8) is 0 Å². The van der Waals surface area contributed by atoms with E-state index in [1.54, 1.807) is 37.3 Å². The summed E-state index contributed by atoms with van der Waals surface area (Å²) in [5.74, 6) is -1.55. The number of aromatic nitrogens is 2. The lowest BCUT2D eigenvalue weighted by Gasteiger charge is -2.29. The molecular weight excluding hydrogens is 338 g/mol. The molecule has 0 bridgehead atoms. The molecule has 1 amide bonds. The van der Waals surface area contributed by atoms with Gasteiger partial charge in [-0.15, -0.1) is 0 Å². The van der Waals surface area contributed by atoms with Crippen LogP contribution in [0.2, 0.25) is 0 Å². The molecule has 1 aromatic heterocycles. The van der Waals surface area contributed by atoms with Crippen molar-refractivity contribution < 1.29 is 14.7 Å². The maximum atomic E-state index is 12.2. The highest BCUT2D eigenvalue weighted by molar-refractivity contribution is 5.83. The van der Waals surface area contributed by atoms with E-state index in [4.69, 9.17) is 0 Å². The molecule has 2 rings (SSSR count). The quantitative estimate of drug-likeness (QED) is 0.728. The lowest BCUT2D eigenvalue weighted by molar-refractivity contribution is -0.144. The van der Waals surface area contributed by atoms with E-state index in [1.807, 2.05) is 0 Å². The molecular formula is C18H21N3O5. The molecule has 1 unspecified atom stereocenters. The maximum absolute atomic E-state index is 12.2. The minimum atomic E-state index is -1.26. The summed E-state index contributed by atoms with van der Waals surface area (Å²) < 4.78 is 1.98. The predicted octanol–water partition coefficient (Wildman–Crippen LogP) is 0.0958. The standard InChI is InChI=1S/C18H21N3O5/c1-3-18(16(24)25,13-7-5-4-6-8-13)12-19-14(22)11-21-10-9-15(23)20(2)17(21)26/h4-10H,3,11-12H2,1-2H3,(H,19,22)(H,24,25). The molecule has 8 heteroatoms. The van der Waals surface area contributed by atoms with E-state index in [9.17, 15) is 24.3 Å². The van der Waals surface area contributed by atoms with Crippen LogP contribution in [0, 0.1) is 0 Å². The number of aliphatic carboxylic acids is 1. The molecule has 26 heavy (non-hydrogen) atoms. The number of carbonyl (C=O) groups is 2. The summed E-state index contributed by atoms with van der Waals surface area (Å²) in [5.41, 5.74) is -1.75. The topological polar surface area (TPSA) is 110 Å². The Hall–Kier alpha value is -3.16. The largest absolute Gasteiger partial charge is 0.481 e. The SMILES string of the molecule is CCC(CNC(=O)Cn1ccc(=O)n(C)c1=O)(C(=O)O)c1ccccc1. The molecule has 8 nitrogen and oxygen atoms in total. The molecule has 0 fully saturated rings. The van der Waals surface area contributed by atoms with Crippen LogP contribution >= 0.6 is 0 Å². The third kappa shape index (κ3) is 3.74. The molecule has 1 heterocycles. The van der Waals surface area contributed by atoms with Gasteiger partial charge < -0.3 is 10.4 Å². The van der Waals surface area contributed by atoms with Crippen molar-refractivity contribution in [2.24, 2.45) is 7.05 Å². The Kier molecular flexibility index (Phi) is 5.76. The second kappa shape index (κ2) is 7.81. The van der Waals surface area contributed by atoms with Crippen LogP contribution in [0.4, 0.5) is 0 Å². The molecule has 0 aliphatic carbocycles. The van der Waals surface area contributed by atoms with Crippen LogP contribution < -0.4 is 16.6 Å². The van der Waals surface area contributed by atoms with E-state index in [1.165, 1.54) is 19.3 Å². The van der Waals surface area contributed by atoms with Crippen LogP contribution in [-0.4, -0.2) is 32.7 Å². The Morgan fingerprint density at radius 2 is 1.81 bits per heavy atom. The van der Waals surface area contributed by atoms with Crippen molar-refractivity contribution >= 4 is 11.9 Å². The summed E-state index contributed by atoms with van der Waals surface area (Å²) in [6, 6.07) is 9.88. The summed E-state index contributed by atoms with van der Waals surface area (Å²) in [5, 5.41) is 12.3. The van der Waals surface area contributed by atoms with E-state index < -0.39 is 28.5 Å². The van der Waals surface area contributed by atoms with Crippen molar-refractivity contribution in [2.45, 2.75) is 25.3 Å². The first-order chi connectivity index (χ1) is 12.3. The highest BCUT2D eigenvalue weighted by Gasteiger charge is 2.38. The monoisotopic (exact) mass is 359 g/mol. The van der Waals surface area contributed by atoms with Gasteiger partial charge >= 0.3 is 11.7 Å². The van der Waals surface area contributed by atoms with E-state index in [-0.39, 0.29) is 19.5 Å². The van der Waals surface area contributed by atoms with Crippen molar-refractivity contribution in [2.75, 3.05) is 6.54 Å². The first kappa shape index (κ1) is 19.2. The Morgan fingerprint density at radius 3 is 2.38 bits per heavy atom. The predicted molar refractivity (Wildman–Crippen MR) is 95.0 cm³/mol. The number of benzene rings is 1. The van der Waals surface area contributed by atoms with Gasteiger partial charge in [0.15, 0.2) is 0 Å². The first-order valence-corrected chi connectivity index (χ1v) is 8.14. The number of hydrogen-bond acceptors (Lipinski definition) is 4. The minimum Gasteiger partial charge on any atom is -0.481 e. The van der Waals surface area contributed by atoms with Crippen LogP contribution in [0.3, 0.4) is 0 Å². The molecule has 138 valence electrons. The number of hydrogen-bond donors (Lipinski definition) is 2. The smallest absolute Gasteiger partial charge is 0.331 e. The van der Waals surface area contributed by atoms with Gasteiger partial charge in [-0.25, -0.2) is 4.79 Å². The molecule has 0 spiro atoms. The number of carboxylic acid groups (broad SMARTS) is 1. The fourth-order valence-corrected chi connectivity index (χ4v) is 2.74. The second-order valence-corrected chi connectivity index (χ2v) is 6.01. The van der Waals surface area contributed by atoms with Gasteiger partial charge in [-0.3, -0.25) is 23.5 Å². The summed E-state index contributed by atoms with van der Waals surface area (Å²) in [7, 11) is 1.32. The zero-order valence-corrected chi connectivity index (χ0v) is 14.6. The van der Waals surface area contributed by atoms with E-state index in [0.29, 0.717) is 5.56 Å². The number of amides is 1. The third-order valence-electron chi connectivity index (χ3n) is 4.50. The van der Waals surface area contributed by atoms with Crippen molar-refractivity contribution in [1.29, 1.82) is 0 Å². The van der Waals surface area contributed by atoms with Crippen molar-refractivity contribution in [3.8, 4) is 0 Å². The maximum Gasteiger partial charge on any atom is 0.331 e. The Balaban J connectivity index is 2.18. The molecule has 0 aliphatic rings. The number of carboxylic acids is 1. The van der Waals surface area contributed by atoms with Gasteiger partial charge in [0.1, 0.15) is 12.0 Å². The molecule has 2 N–H and O–H groups in total. The minimum absolute atomic E-state index is 0.109. The highest BCUT2D eigenvalue weighted by Crippen LogP contribution is 2.27. The van der Waals surface area contributed by atoms with Crippen LogP contribution in [-0.2, 0) is 28.6 Å². The van der Waals surface area contributed by atoms with Gasteiger partial charge in [-0.2, -0.15) is 0 Å². The number of nitrogens with one attached hydrogen (secondary N) is 1. The zero-order valence-electron chi connectivity index (χ0n) is 14.6. The summed E-state index contributed by atoms with van der Waals surface area (Å²) in [4.78, 5) is 47.5. The second-order valence-electron chi connectivity index (χ2n) is 6.01. The molecule has 0 aliphatic heterocycles. The van der Waals surface area contributed by atoms with Gasteiger partial charge in [-0.05, 0) is 12.0 Å². The molecule has 1 atom stereocenters. The summed E-state index contributed by atoms with van der Waals surface area (Å²) in [6.45, 7) is 1.33. The number of rotatable bonds is 7. The molecule has 0 saturated heterocycles. The average molecular weight is 359 g/mol. The molecule has 0 saturated carbocycles. The Labute approximate surface area is 149 Å². The Morgan fingerprint density at radius 1 is 1.15 bits per heavy atom. The van der Waals surface area contributed by atoms with Gasteiger partial charge in [-0.1, -0.05) is 37.3 Å². The van der Waals surface area contributed by atoms with E-state index in [2.05, 4.69) is 5.32 Å². The normalized spacial score (nSPS) is 13.0. The fourth-order valence-electron chi connectivity index (χ4n) is 2.74. The van der Waals surface area contributed by atoms with E-state index in [0.717, 1.165) is 9.13 Å². The fraction of sp³-hybridized carbons (Fsp3) is 0.333. The zero-order chi connectivity index (χ0) is 19.3.